The van der Waals surface area contributed by atoms with E-state index in [4.69, 9.17) is 5.11 Å². The van der Waals surface area contributed by atoms with Crippen molar-refractivity contribution in [2.24, 2.45) is 5.92 Å². The van der Waals surface area contributed by atoms with Crippen LogP contribution in [-0.4, -0.2) is 32.1 Å². The smallest absolute Gasteiger partial charge is 0.306 e. The molecule has 2 unspecified atom stereocenters. The quantitative estimate of drug-likeness (QED) is 0.912. The molecular weight excluding hydrogens is 284 g/mol. The van der Waals surface area contributed by atoms with Crippen LogP contribution >= 0.6 is 24.2 Å². The minimum Gasteiger partial charge on any atom is -0.481 e. The van der Waals surface area contributed by atoms with Gasteiger partial charge in [0.25, 0.3) is 0 Å². The molecule has 0 saturated carbocycles. The van der Waals surface area contributed by atoms with Gasteiger partial charge in [0.1, 0.15) is 5.82 Å². The number of carbonyl (C=O) groups is 1. The van der Waals surface area contributed by atoms with Crippen molar-refractivity contribution in [2.45, 2.75) is 38.1 Å². The highest BCUT2D eigenvalue weighted by molar-refractivity contribution is 7.99. The first-order valence-electron chi connectivity index (χ1n) is 6.60. The average Bonchev–Trinajstić information content (AvgIpc) is 2.82. The molecule has 0 radical (unpaired) electrons. The Labute approximate surface area is 123 Å². The fourth-order valence-electron chi connectivity index (χ4n) is 2.97. The molecule has 0 aliphatic carbocycles. The predicted octanol–water partition coefficient (Wildman–Crippen LogP) is 2.56. The maximum atomic E-state index is 11.0. The Morgan fingerprint density at radius 2 is 2.32 bits per heavy atom. The Morgan fingerprint density at radius 3 is 3.00 bits per heavy atom. The summed E-state index contributed by atoms with van der Waals surface area (Å²) >= 11 is 2.01. The number of imidazole rings is 1. The molecule has 2 atom stereocenters. The lowest BCUT2D eigenvalue weighted by Gasteiger charge is -2.26. The summed E-state index contributed by atoms with van der Waals surface area (Å²) in [5.41, 5.74) is 1.11. The molecule has 1 fully saturated rings. The van der Waals surface area contributed by atoms with Crippen molar-refractivity contribution >= 4 is 30.1 Å². The lowest BCUT2D eigenvalue weighted by molar-refractivity contribution is -0.142. The molecule has 4 nitrogen and oxygen atoms in total. The molecule has 0 amide bonds. The van der Waals surface area contributed by atoms with E-state index in [2.05, 4.69) is 9.55 Å². The summed E-state index contributed by atoms with van der Waals surface area (Å²) in [5, 5.41) is 9.09. The highest BCUT2D eigenvalue weighted by atomic mass is 35.5. The first kappa shape index (κ1) is 14.7. The van der Waals surface area contributed by atoms with E-state index in [-0.39, 0.29) is 18.3 Å². The number of thioether (sulfide) groups is 1. The highest BCUT2D eigenvalue weighted by Gasteiger charge is 2.29. The van der Waals surface area contributed by atoms with Crippen molar-refractivity contribution in [2.75, 3.05) is 11.5 Å². The van der Waals surface area contributed by atoms with E-state index < -0.39 is 5.97 Å². The van der Waals surface area contributed by atoms with E-state index in [9.17, 15) is 4.79 Å². The van der Waals surface area contributed by atoms with Crippen LogP contribution in [0.2, 0.25) is 0 Å². The van der Waals surface area contributed by atoms with Gasteiger partial charge in [0.2, 0.25) is 0 Å². The molecule has 1 aromatic rings. The molecule has 106 valence electrons. The van der Waals surface area contributed by atoms with Crippen LogP contribution in [0.15, 0.2) is 6.20 Å². The van der Waals surface area contributed by atoms with E-state index in [1.165, 1.54) is 30.2 Å². The van der Waals surface area contributed by atoms with E-state index in [1.54, 1.807) is 0 Å². The van der Waals surface area contributed by atoms with Gasteiger partial charge in [-0.25, -0.2) is 4.98 Å². The molecule has 2 aliphatic rings. The average molecular weight is 303 g/mol. The van der Waals surface area contributed by atoms with E-state index in [0.29, 0.717) is 12.3 Å². The van der Waals surface area contributed by atoms with E-state index in [1.807, 2.05) is 18.0 Å². The summed E-state index contributed by atoms with van der Waals surface area (Å²) in [7, 11) is 0. The van der Waals surface area contributed by atoms with Crippen LogP contribution in [0.3, 0.4) is 0 Å². The number of aromatic nitrogens is 2. The standard InChI is InChI=1S/C13H18N2O2S.ClH/c16-13(17)9-3-4-15-11(6-9)7-14-12(15)10-2-1-5-18-8-10;/h7,9-10H,1-6,8H2,(H,16,17);1H. The Kier molecular flexibility index (Phi) is 4.79. The van der Waals surface area contributed by atoms with Crippen LogP contribution in [0.1, 0.15) is 36.7 Å². The summed E-state index contributed by atoms with van der Waals surface area (Å²) < 4.78 is 2.27. The van der Waals surface area contributed by atoms with E-state index >= 15 is 0 Å². The van der Waals surface area contributed by atoms with Crippen LogP contribution in [-0.2, 0) is 17.8 Å². The first-order chi connectivity index (χ1) is 8.75. The van der Waals surface area contributed by atoms with Gasteiger partial charge in [0, 0.05) is 36.5 Å². The number of fused-ring (bicyclic) bond motifs is 1. The van der Waals surface area contributed by atoms with Gasteiger partial charge in [-0.15, -0.1) is 12.4 Å². The van der Waals surface area contributed by atoms with Crippen molar-refractivity contribution < 1.29 is 9.90 Å². The number of hydrogen-bond donors (Lipinski definition) is 1. The summed E-state index contributed by atoms with van der Waals surface area (Å²) in [5.74, 6) is 3.31. The minimum atomic E-state index is -0.669. The molecular formula is C13H19ClN2O2S. The fourth-order valence-corrected chi connectivity index (χ4v) is 4.11. The van der Waals surface area contributed by atoms with Crippen LogP contribution < -0.4 is 0 Å². The van der Waals surface area contributed by atoms with Crippen molar-refractivity contribution in [1.29, 1.82) is 0 Å². The number of carboxylic acids is 1. The zero-order chi connectivity index (χ0) is 12.5. The number of rotatable bonds is 2. The summed E-state index contributed by atoms with van der Waals surface area (Å²) in [6.45, 7) is 0.822. The molecule has 1 saturated heterocycles. The molecule has 2 aliphatic heterocycles. The second-order valence-corrected chi connectivity index (χ2v) is 6.35. The van der Waals surface area contributed by atoms with Gasteiger partial charge in [-0.1, -0.05) is 0 Å². The zero-order valence-corrected chi connectivity index (χ0v) is 12.4. The molecule has 0 spiro atoms. The van der Waals surface area contributed by atoms with Gasteiger partial charge in [-0.05, 0) is 25.0 Å². The van der Waals surface area contributed by atoms with Gasteiger partial charge in [-0.2, -0.15) is 11.8 Å². The second-order valence-electron chi connectivity index (χ2n) is 5.20. The van der Waals surface area contributed by atoms with Crippen molar-refractivity contribution in [3.05, 3.63) is 17.7 Å². The molecule has 1 aromatic heterocycles. The second kappa shape index (κ2) is 6.18. The van der Waals surface area contributed by atoms with Gasteiger partial charge in [-0.3, -0.25) is 4.79 Å². The van der Waals surface area contributed by atoms with Gasteiger partial charge in [0.15, 0.2) is 0 Å². The largest absolute Gasteiger partial charge is 0.481 e. The highest BCUT2D eigenvalue weighted by Crippen LogP contribution is 2.33. The number of halogens is 1. The fraction of sp³-hybridized carbons (Fsp3) is 0.692. The molecule has 1 N–H and O–H groups in total. The van der Waals surface area contributed by atoms with Crippen LogP contribution in [0.5, 0.6) is 0 Å². The molecule has 3 heterocycles. The Morgan fingerprint density at radius 1 is 1.47 bits per heavy atom. The van der Waals surface area contributed by atoms with E-state index in [0.717, 1.165) is 18.7 Å². The third kappa shape index (κ3) is 2.92. The predicted molar refractivity (Wildman–Crippen MR) is 78.2 cm³/mol. The SMILES string of the molecule is Cl.O=C(O)C1CCn2c(cnc2C2CCCSC2)C1. The molecule has 0 aromatic carbocycles. The first-order valence-corrected chi connectivity index (χ1v) is 7.76. The Bertz CT molecular complexity index is 457. The Balaban J connectivity index is 0.00000133. The topological polar surface area (TPSA) is 55.1 Å². The number of nitrogens with zero attached hydrogens (tertiary/aromatic N) is 2. The third-order valence-electron chi connectivity index (χ3n) is 4.00. The monoisotopic (exact) mass is 302 g/mol. The lowest BCUT2D eigenvalue weighted by atomic mass is 9.96. The number of hydrogen-bond acceptors (Lipinski definition) is 3. The minimum absolute atomic E-state index is 0. The van der Waals surface area contributed by atoms with Crippen LogP contribution in [0.4, 0.5) is 0 Å². The zero-order valence-electron chi connectivity index (χ0n) is 10.7. The molecule has 3 rings (SSSR count). The molecule has 19 heavy (non-hydrogen) atoms. The summed E-state index contributed by atoms with van der Waals surface area (Å²) in [4.78, 5) is 15.6. The Hall–Kier alpha value is -0.680. The van der Waals surface area contributed by atoms with Crippen LogP contribution in [0, 0.1) is 5.92 Å². The normalized spacial score (nSPS) is 26.3. The van der Waals surface area contributed by atoms with Crippen molar-refractivity contribution in [3.63, 3.8) is 0 Å². The van der Waals surface area contributed by atoms with Crippen molar-refractivity contribution in [3.8, 4) is 0 Å². The molecule has 6 heteroatoms. The lowest BCUT2D eigenvalue weighted by Crippen LogP contribution is -2.27. The third-order valence-corrected chi connectivity index (χ3v) is 5.22. The number of carboxylic acid groups (broad SMARTS) is 1. The van der Waals surface area contributed by atoms with Crippen LogP contribution in [0.25, 0.3) is 0 Å². The number of aliphatic carboxylic acids is 1. The summed E-state index contributed by atoms with van der Waals surface area (Å²) in [6.07, 6.45) is 5.78. The molecule has 0 bridgehead atoms. The summed E-state index contributed by atoms with van der Waals surface area (Å²) in [6, 6.07) is 0. The van der Waals surface area contributed by atoms with Gasteiger partial charge in [0.05, 0.1) is 5.92 Å². The maximum absolute atomic E-state index is 11.0. The van der Waals surface area contributed by atoms with Gasteiger partial charge < -0.3 is 9.67 Å². The maximum Gasteiger partial charge on any atom is 0.306 e. The van der Waals surface area contributed by atoms with Crippen molar-refractivity contribution in [1.82, 2.24) is 9.55 Å². The van der Waals surface area contributed by atoms with Gasteiger partial charge >= 0.3 is 5.97 Å².